The Morgan fingerprint density at radius 2 is 1.65 bits per heavy atom. The molecule has 0 aromatic carbocycles. The van der Waals surface area contributed by atoms with Crippen LogP contribution in [0.5, 0.6) is 0 Å². The number of hydrogen-bond donors (Lipinski definition) is 2. The molecule has 0 saturated heterocycles. The maximum absolute atomic E-state index is 12.7. The summed E-state index contributed by atoms with van der Waals surface area (Å²) in [6.07, 6.45) is 4.14. The molecular weight excluding hydrogens is 326 g/mol. The Morgan fingerprint density at radius 3 is 2.12 bits per heavy atom. The van der Waals surface area contributed by atoms with Crippen molar-refractivity contribution in [2.75, 3.05) is 40.3 Å². The third-order valence-electron chi connectivity index (χ3n) is 5.29. The van der Waals surface area contributed by atoms with Crippen molar-refractivity contribution in [1.29, 1.82) is 0 Å². The number of rotatable bonds is 9. The van der Waals surface area contributed by atoms with Gasteiger partial charge in [-0.15, -0.1) is 0 Å². The third-order valence-corrected chi connectivity index (χ3v) is 5.29. The Bertz CT molecular complexity index is 445. The second-order valence-electron chi connectivity index (χ2n) is 8.23. The van der Waals surface area contributed by atoms with Crippen LogP contribution in [0, 0.1) is 5.41 Å². The highest BCUT2D eigenvalue weighted by Gasteiger charge is 2.42. The smallest absolute Gasteiger partial charge is 0.230 e. The average molecular weight is 368 g/mol. The average Bonchev–Trinajstić information content (AvgIpc) is 3.04. The molecule has 0 aromatic heterocycles. The van der Waals surface area contributed by atoms with Crippen molar-refractivity contribution in [3.63, 3.8) is 0 Å². The summed E-state index contributed by atoms with van der Waals surface area (Å²) in [6.45, 7) is 14.2. The summed E-state index contributed by atoms with van der Waals surface area (Å²) >= 11 is 0. The molecule has 0 unspecified atom stereocenters. The van der Waals surface area contributed by atoms with Crippen LogP contribution in [0.25, 0.3) is 0 Å². The summed E-state index contributed by atoms with van der Waals surface area (Å²) in [4.78, 5) is 21.7. The molecule has 0 atom stereocenters. The number of amides is 1. The van der Waals surface area contributed by atoms with Crippen LogP contribution < -0.4 is 10.6 Å². The molecule has 26 heavy (non-hydrogen) atoms. The summed E-state index contributed by atoms with van der Waals surface area (Å²) in [5.41, 5.74) is -0.312. The first kappa shape index (κ1) is 22.7. The van der Waals surface area contributed by atoms with Gasteiger partial charge in [-0.2, -0.15) is 0 Å². The fourth-order valence-corrected chi connectivity index (χ4v) is 3.95. The normalized spacial score (nSPS) is 17.2. The number of aliphatic imine (C=N–C) groups is 1. The van der Waals surface area contributed by atoms with Gasteiger partial charge in [-0.25, -0.2) is 0 Å². The van der Waals surface area contributed by atoms with E-state index in [-0.39, 0.29) is 11.3 Å². The second kappa shape index (κ2) is 10.8. The van der Waals surface area contributed by atoms with E-state index in [0.29, 0.717) is 18.6 Å². The second-order valence-corrected chi connectivity index (χ2v) is 8.23. The lowest BCUT2D eigenvalue weighted by Crippen LogP contribution is -2.46. The van der Waals surface area contributed by atoms with E-state index >= 15 is 0 Å². The van der Waals surface area contributed by atoms with Crippen LogP contribution in [0.2, 0.25) is 0 Å². The van der Waals surface area contributed by atoms with Crippen molar-refractivity contribution in [3.8, 4) is 0 Å². The van der Waals surface area contributed by atoms with Gasteiger partial charge < -0.3 is 15.5 Å². The van der Waals surface area contributed by atoms with Gasteiger partial charge >= 0.3 is 0 Å². The van der Waals surface area contributed by atoms with E-state index in [2.05, 4.69) is 50.2 Å². The monoisotopic (exact) mass is 367 g/mol. The Hall–Kier alpha value is -1.30. The Labute approximate surface area is 160 Å². The standard InChI is InChI=1S/C20H41N5O/c1-8-21-19(22-13-14-25(16(2)3)17(4)5)23-15-20(11-9-10-12-20)18(26)24(6)7/h16-17H,8-15H2,1-7H3,(H2,21,22,23). The van der Waals surface area contributed by atoms with Gasteiger partial charge in [0.15, 0.2) is 5.96 Å². The van der Waals surface area contributed by atoms with Crippen LogP contribution in [-0.2, 0) is 4.79 Å². The number of nitrogens with zero attached hydrogens (tertiary/aromatic N) is 3. The summed E-state index contributed by atoms with van der Waals surface area (Å²) in [7, 11) is 3.70. The van der Waals surface area contributed by atoms with Crippen LogP contribution in [0.1, 0.15) is 60.3 Å². The van der Waals surface area contributed by atoms with Gasteiger partial charge in [-0.3, -0.25) is 14.7 Å². The molecule has 0 radical (unpaired) electrons. The Balaban J connectivity index is 2.71. The highest BCUT2D eigenvalue weighted by molar-refractivity contribution is 5.84. The van der Waals surface area contributed by atoms with Crippen LogP contribution in [0.4, 0.5) is 0 Å². The molecule has 6 nitrogen and oxygen atoms in total. The first-order valence-corrected chi connectivity index (χ1v) is 10.2. The van der Waals surface area contributed by atoms with Crippen LogP contribution in [0.3, 0.4) is 0 Å². The van der Waals surface area contributed by atoms with E-state index in [1.54, 1.807) is 4.90 Å². The van der Waals surface area contributed by atoms with E-state index in [0.717, 1.165) is 51.3 Å². The van der Waals surface area contributed by atoms with E-state index in [4.69, 9.17) is 4.99 Å². The molecule has 1 amide bonds. The van der Waals surface area contributed by atoms with E-state index in [9.17, 15) is 4.79 Å². The van der Waals surface area contributed by atoms with E-state index in [1.807, 2.05) is 14.1 Å². The minimum absolute atomic E-state index is 0.223. The fourth-order valence-electron chi connectivity index (χ4n) is 3.95. The van der Waals surface area contributed by atoms with Gasteiger partial charge in [-0.05, 0) is 47.5 Å². The summed E-state index contributed by atoms with van der Waals surface area (Å²) in [6, 6.07) is 1.05. The first-order valence-electron chi connectivity index (χ1n) is 10.2. The minimum atomic E-state index is -0.312. The SMILES string of the molecule is CCNC(=NCC1(C(=O)N(C)C)CCCC1)NCCN(C(C)C)C(C)C. The van der Waals surface area contributed by atoms with Gasteiger partial charge in [0, 0.05) is 45.8 Å². The molecule has 152 valence electrons. The van der Waals surface area contributed by atoms with Gasteiger partial charge in [-0.1, -0.05) is 12.8 Å². The molecular formula is C20H41N5O. The molecule has 0 spiro atoms. The Kier molecular flexibility index (Phi) is 9.41. The number of carbonyl (C=O) groups excluding carboxylic acids is 1. The van der Waals surface area contributed by atoms with Gasteiger partial charge in [0.05, 0.1) is 12.0 Å². The van der Waals surface area contributed by atoms with E-state index < -0.39 is 0 Å². The molecule has 1 aliphatic rings. The molecule has 1 saturated carbocycles. The maximum Gasteiger partial charge on any atom is 0.230 e. The molecule has 1 rings (SSSR count). The highest BCUT2D eigenvalue weighted by atomic mass is 16.2. The number of carbonyl (C=O) groups is 1. The largest absolute Gasteiger partial charge is 0.357 e. The van der Waals surface area contributed by atoms with Crippen molar-refractivity contribution >= 4 is 11.9 Å². The van der Waals surface area contributed by atoms with Crippen LogP contribution in [0.15, 0.2) is 4.99 Å². The molecule has 6 heteroatoms. The third kappa shape index (κ3) is 6.45. The van der Waals surface area contributed by atoms with Gasteiger partial charge in [0.25, 0.3) is 0 Å². The topological polar surface area (TPSA) is 60.0 Å². The zero-order valence-corrected chi connectivity index (χ0v) is 18.1. The molecule has 1 aliphatic carbocycles. The molecule has 0 bridgehead atoms. The number of hydrogen-bond acceptors (Lipinski definition) is 3. The van der Waals surface area contributed by atoms with Crippen LogP contribution in [-0.4, -0.2) is 74.0 Å². The summed E-state index contributed by atoms with van der Waals surface area (Å²) in [5, 5.41) is 6.76. The highest BCUT2D eigenvalue weighted by Crippen LogP contribution is 2.39. The molecule has 0 aliphatic heterocycles. The predicted molar refractivity (Wildman–Crippen MR) is 111 cm³/mol. The summed E-state index contributed by atoms with van der Waals surface area (Å²) in [5.74, 6) is 1.04. The zero-order valence-electron chi connectivity index (χ0n) is 18.1. The number of guanidine groups is 1. The molecule has 2 N–H and O–H groups in total. The van der Waals surface area contributed by atoms with Gasteiger partial charge in [0.2, 0.25) is 5.91 Å². The fraction of sp³-hybridized carbons (Fsp3) is 0.900. The van der Waals surface area contributed by atoms with Crippen molar-refractivity contribution in [1.82, 2.24) is 20.4 Å². The lowest BCUT2D eigenvalue weighted by atomic mass is 9.85. The molecule has 1 fully saturated rings. The molecule has 0 aromatic rings. The van der Waals surface area contributed by atoms with Crippen molar-refractivity contribution in [3.05, 3.63) is 0 Å². The van der Waals surface area contributed by atoms with Crippen molar-refractivity contribution in [2.45, 2.75) is 72.4 Å². The minimum Gasteiger partial charge on any atom is -0.357 e. The van der Waals surface area contributed by atoms with E-state index in [1.165, 1.54) is 0 Å². The predicted octanol–water partition coefficient (Wildman–Crippen LogP) is 2.31. The maximum atomic E-state index is 12.7. The first-order chi connectivity index (χ1) is 12.2. The lowest BCUT2D eigenvalue weighted by Gasteiger charge is -2.31. The van der Waals surface area contributed by atoms with Crippen LogP contribution >= 0.6 is 0 Å². The quantitative estimate of drug-likeness (QED) is 0.485. The van der Waals surface area contributed by atoms with Crippen molar-refractivity contribution < 1.29 is 4.79 Å². The molecule has 0 heterocycles. The number of nitrogens with one attached hydrogen (secondary N) is 2. The van der Waals surface area contributed by atoms with Crippen molar-refractivity contribution in [2.24, 2.45) is 10.4 Å². The zero-order chi connectivity index (χ0) is 19.7. The Morgan fingerprint density at radius 1 is 1.08 bits per heavy atom. The lowest BCUT2D eigenvalue weighted by molar-refractivity contribution is -0.138. The van der Waals surface area contributed by atoms with Gasteiger partial charge in [0.1, 0.15) is 0 Å². The summed E-state index contributed by atoms with van der Waals surface area (Å²) < 4.78 is 0.